The summed E-state index contributed by atoms with van der Waals surface area (Å²) in [6.45, 7) is 4.54. The summed E-state index contributed by atoms with van der Waals surface area (Å²) >= 11 is 1.33. The number of nitrogens with zero attached hydrogens (tertiary/aromatic N) is 3. The van der Waals surface area contributed by atoms with Crippen molar-refractivity contribution in [2.24, 2.45) is 5.92 Å². The fourth-order valence-corrected chi connectivity index (χ4v) is 4.19. The van der Waals surface area contributed by atoms with Gasteiger partial charge in [0.05, 0.1) is 0 Å². The van der Waals surface area contributed by atoms with Gasteiger partial charge in [0.1, 0.15) is 11.3 Å². The van der Waals surface area contributed by atoms with Gasteiger partial charge in [-0.15, -0.1) is 5.10 Å². The maximum Gasteiger partial charge on any atom is 0.299 e. The zero-order valence-corrected chi connectivity index (χ0v) is 14.3. The van der Waals surface area contributed by atoms with E-state index in [4.69, 9.17) is 4.74 Å². The van der Waals surface area contributed by atoms with Crippen LogP contribution in [0.3, 0.4) is 0 Å². The van der Waals surface area contributed by atoms with Crippen LogP contribution in [0.5, 0.6) is 10.9 Å². The van der Waals surface area contributed by atoms with Crippen molar-refractivity contribution in [2.75, 3.05) is 13.1 Å². The first kappa shape index (κ1) is 15.5. The third kappa shape index (κ3) is 3.01. The predicted octanol–water partition coefficient (Wildman–Crippen LogP) is 2.54. The first-order valence-corrected chi connectivity index (χ1v) is 9.17. The van der Waals surface area contributed by atoms with E-state index in [0.717, 1.165) is 13.1 Å². The molecule has 0 saturated carbocycles. The van der Waals surface area contributed by atoms with Crippen LogP contribution in [0.15, 0.2) is 29.8 Å². The Morgan fingerprint density at radius 2 is 2.04 bits per heavy atom. The van der Waals surface area contributed by atoms with Crippen molar-refractivity contribution in [3.8, 4) is 10.9 Å². The Balaban J connectivity index is 1.41. The van der Waals surface area contributed by atoms with Gasteiger partial charge in [-0.25, -0.2) is 0 Å². The van der Waals surface area contributed by atoms with Crippen LogP contribution in [-0.2, 0) is 0 Å². The molecule has 3 saturated heterocycles. The van der Waals surface area contributed by atoms with Crippen LogP contribution in [0, 0.1) is 5.92 Å². The third-order valence-corrected chi connectivity index (χ3v) is 5.70. The number of piperidine rings is 3. The van der Waals surface area contributed by atoms with Gasteiger partial charge in [0.15, 0.2) is 0 Å². The van der Waals surface area contributed by atoms with Crippen LogP contribution < -0.4 is 10.1 Å². The molecule has 24 heavy (non-hydrogen) atoms. The van der Waals surface area contributed by atoms with Gasteiger partial charge in [0, 0.05) is 17.6 Å². The minimum absolute atomic E-state index is 0.0111. The topological polar surface area (TPSA) is 67.3 Å². The number of hydrogen-bond donors (Lipinski definition) is 1. The molecule has 0 aliphatic carbocycles. The quantitative estimate of drug-likeness (QED) is 0.923. The standard InChI is InChI=1S/C17H20N4O2S/c1-11-15(12-6-8-21(11)9-7-12)19-16(22)13-2-4-14(5-3-13)23-17-20-18-10-24-17/h2-5,10-12,15H,6-9H2,1H3,(H,19,22)/t11-,15-/m0/s1. The summed E-state index contributed by atoms with van der Waals surface area (Å²) < 4.78 is 5.57. The molecule has 1 N–H and O–H groups in total. The van der Waals surface area contributed by atoms with Gasteiger partial charge in [-0.3, -0.25) is 9.69 Å². The van der Waals surface area contributed by atoms with E-state index in [1.54, 1.807) is 29.8 Å². The first-order valence-electron chi connectivity index (χ1n) is 8.30. The fraction of sp³-hybridized carbons (Fsp3) is 0.471. The molecular weight excluding hydrogens is 324 g/mol. The third-order valence-electron chi connectivity index (χ3n) is 5.14. The molecule has 6 nitrogen and oxygen atoms in total. The molecule has 0 spiro atoms. The van der Waals surface area contributed by atoms with Gasteiger partial charge >= 0.3 is 0 Å². The number of benzene rings is 1. The Labute approximate surface area is 144 Å². The summed E-state index contributed by atoms with van der Waals surface area (Å²) in [7, 11) is 0. The highest BCUT2D eigenvalue weighted by molar-refractivity contribution is 7.11. The molecule has 7 heteroatoms. The molecule has 126 valence electrons. The maximum atomic E-state index is 12.6. The number of carbonyl (C=O) groups excluding carboxylic acids is 1. The van der Waals surface area contributed by atoms with E-state index in [9.17, 15) is 4.79 Å². The van der Waals surface area contributed by atoms with E-state index in [1.165, 1.54) is 24.2 Å². The average Bonchev–Trinajstić information content (AvgIpc) is 3.12. The fourth-order valence-electron chi connectivity index (χ4n) is 3.76. The Hall–Kier alpha value is -1.99. The van der Waals surface area contributed by atoms with E-state index in [0.29, 0.717) is 28.5 Å². The van der Waals surface area contributed by atoms with E-state index < -0.39 is 0 Å². The lowest BCUT2D eigenvalue weighted by Crippen LogP contribution is -2.62. The number of nitrogens with one attached hydrogen (secondary N) is 1. The SMILES string of the molecule is C[C@H]1[C@H](NC(=O)c2ccc(Oc3nncs3)cc2)C2CCN1CC2. The molecular formula is C17H20N4O2S. The summed E-state index contributed by atoms with van der Waals surface area (Å²) in [4.78, 5) is 15.0. The normalized spacial score (nSPS) is 28.5. The minimum atomic E-state index is -0.0111. The van der Waals surface area contributed by atoms with Crippen molar-refractivity contribution in [1.82, 2.24) is 20.4 Å². The lowest BCUT2D eigenvalue weighted by atomic mass is 9.79. The minimum Gasteiger partial charge on any atom is -0.430 e. The van der Waals surface area contributed by atoms with Gasteiger partial charge < -0.3 is 10.1 Å². The van der Waals surface area contributed by atoms with E-state index in [2.05, 4.69) is 27.3 Å². The van der Waals surface area contributed by atoms with Gasteiger partial charge in [0.25, 0.3) is 11.1 Å². The van der Waals surface area contributed by atoms with Crippen LogP contribution in [0.25, 0.3) is 0 Å². The summed E-state index contributed by atoms with van der Waals surface area (Å²) in [6.07, 6.45) is 2.37. The smallest absolute Gasteiger partial charge is 0.299 e. The zero-order valence-electron chi connectivity index (χ0n) is 13.5. The van der Waals surface area contributed by atoms with Crippen LogP contribution in [0.4, 0.5) is 0 Å². The number of rotatable bonds is 4. The molecule has 2 aromatic rings. The molecule has 1 amide bonds. The molecule has 0 unspecified atom stereocenters. The lowest BCUT2D eigenvalue weighted by Gasteiger charge is -2.49. The monoisotopic (exact) mass is 344 g/mol. The number of fused-ring (bicyclic) bond motifs is 3. The lowest BCUT2D eigenvalue weighted by molar-refractivity contribution is 0.0217. The molecule has 3 aliphatic rings. The second-order valence-electron chi connectivity index (χ2n) is 6.44. The number of aromatic nitrogens is 2. The van der Waals surface area contributed by atoms with E-state index in [1.807, 2.05) is 0 Å². The molecule has 1 aromatic heterocycles. The molecule has 4 heterocycles. The van der Waals surface area contributed by atoms with E-state index in [-0.39, 0.29) is 11.9 Å². The number of amides is 1. The van der Waals surface area contributed by atoms with Crippen molar-refractivity contribution >= 4 is 17.2 Å². The van der Waals surface area contributed by atoms with E-state index >= 15 is 0 Å². The van der Waals surface area contributed by atoms with Gasteiger partial charge in [-0.1, -0.05) is 16.4 Å². The molecule has 0 radical (unpaired) electrons. The van der Waals surface area contributed by atoms with Gasteiger partial charge in [-0.05, 0) is 63.0 Å². The Kier molecular flexibility index (Phi) is 4.20. The largest absolute Gasteiger partial charge is 0.430 e. The van der Waals surface area contributed by atoms with Crippen molar-refractivity contribution < 1.29 is 9.53 Å². The highest BCUT2D eigenvalue weighted by atomic mass is 32.1. The highest BCUT2D eigenvalue weighted by Gasteiger charge is 2.40. The predicted molar refractivity (Wildman–Crippen MR) is 91.4 cm³/mol. The maximum absolute atomic E-state index is 12.6. The summed E-state index contributed by atoms with van der Waals surface area (Å²) in [5.74, 6) is 1.25. The van der Waals surface area contributed by atoms with Crippen LogP contribution in [0.1, 0.15) is 30.1 Å². The summed E-state index contributed by atoms with van der Waals surface area (Å²) in [6, 6.07) is 7.82. The van der Waals surface area contributed by atoms with Crippen molar-refractivity contribution in [1.29, 1.82) is 0 Å². The van der Waals surface area contributed by atoms with Crippen molar-refractivity contribution in [3.05, 3.63) is 35.3 Å². The number of ether oxygens (including phenoxy) is 1. The summed E-state index contributed by atoms with van der Waals surface area (Å²) in [5, 5.41) is 11.3. The van der Waals surface area contributed by atoms with Crippen molar-refractivity contribution in [2.45, 2.75) is 31.8 Å². The number of carbonyl (C=O) groups is 1. The molecule has 5 rings (SSSR count). The van der Waals surface area contributed by atoms with Gasteiger partial charge in [-0.2, -0.15) is 0 Å². The first-order chi connectivity index (χ1) is 11.7. The molecule has 3 fully saturated rings. The Morgan fingerprint density at radius 3 is 2.67 bits per heavy atom. The van der Waals surface area contributed by atoms with Crippen LogP contribution in [0.2, 0.25) is 0 Å². The van der Waals surface area contributed by atoms with Crippen molar-refractivity contribution in [3.63, 3.8) is 0 Å². The molecule has 1 aromatic carbocycles. The average molecular weight is 344 g/mol. The second-order valence-corrected chi connectivity index (χ2v) is 7.24. The molecule has 2 atom stereocenters. The Morgan fingerprint density at radius 1 is 1.29 bits per heavy atom. The second kappa shape index (κ2) is 6.49. The van der Waals surface area contributed by atoms with Gasteiger partial charge in [0.2, 0.25) is 0 Å². The molecule has 2 bridgehead atoms. The van der Waals surface area contributed by atoms with Crippen LogP contribution in [-0.4, -0.2) is 46.2 Å². The number of hydrogen-bond acceptors (Lipinski definition) is 6. The highest BCUT2D eigenvalue weighted by Crippen LogP contribution is 2.32. The summed E-state index contributed by atoms with van der Waals surface area (Å²) in [5.41, 5.74) is 2.27. The molecule has 3 aliphatic heterocycles. The Bertz CT molecular complexity index is 694. The zero-order chi connectivity index (χ0) is 16.5. The van der Waals surface area contributed by atoms with Crippen LogP contribution >= 0.6 is 11.3 Å².